The Kier molecular flexibility index (Phi) is 4.17. The molecule has 2 aromatic rings. The van der Waals surface area contributed by atoms with Crippen LogP contribution in [0.2, 0.25) is 5.02 Å². The van der Waals surface area contributed by atoms with Crippen molar-refractivity contribution in [2.45, 2.75) is 6.42 Å². The summed E-state index contributed by atoms with van der Waals surface area (Å²) in [4.78, 5) is 15.8. The predicted molar refractivity (Wildman–Crippen MR) is 74.0 cm³/mol. The van der Waals surface area contributed by atoms with Gasteiger partial charge in [-0.15, -0.1) is 0 Å². The molecule has 0 atom stereocenters. The van der Waals surface area contributed by atoms with Gasteiger partial charge in [0.25, 0.3) is 5.91 Å². The maximum absolute atomic E-state index is 11.8. The molecule has 3 N–H and O–H groups in total. The fourth-order valence-corrected chi connectivity index (χ4v) is 2.35. The number of thiophene rings is 1. The first-order valence-electron chi connectivity index (χ1n) is 5.38. The zero-order valence-electron chi connectivity index (χ0n) is 9.52. The highest BCUT2D eigenvalue weighted by Gasteiger charge is 2.11. The molecule has 0 aromatic carbocycles. The first-order valence-corrected chi connectivity index (χ1v) is 6.70. The lowest BCUT2D eigenvalue weighted by Gasteiger charge is -2.06. The number of carbonyl (C=O) groups is 1. The average molecular weight is 282 g/mol. The third-order valence-corrected chi connectivity index (χ3v) is 3.40. The smallest absolute Gasteiger partial charge is 0.271 e. The molecule has 0 aliphatic carbocycles. The van der Waals surface area contributed by atoms with E-state index in [4.69, 9.17) is 17.3 Å². The Morgan fingerprint density at radius 2 is 2.28 bits per heavy atom. The minimum Gasteiger partial charge on any atom is -0.384 e. The van der Waals surface area contributed by atoms with Crippen molar-refractivity contribution < 1.29 is 4.79 Å². The van der Waals surface area contributed by atoms with Crippen molar-refractivity contribution in [1.82, 2.24) is 10.3 Å². The first kappa shape index (κ1) is 12.9. The van der Waals surface area contributed by atoms with Crippen molar-refractivity contribution in [3.63, 3.8) is 0 Å². The van der Waals surface area contributed by atoms with Crippen LogP contribution in [0.3, 0.4) is 0 Å². The standard InChI is InChI=1S/C12H12ClN3OS/c13-9-1-2-10(14)16-11(9)12(17)15-5-3-8-4-6-18-7-8/h1-2,4,6-7H,3,5H2,(H2,14,16)(H,15,17). The Labute approximate surface area is 114 Å². The van der Waals surface area contributed by atoms with E-state index in [-0.39, 0.29) is 17.4 Å². The zero-order chi connectivity index (χ0) is 13.0. The van der Waals surface area contributed by atoms with Crippen molar-refractivity contribution in [2.24, 2.45) is 0 Å². The summed E-state index contributed by atoms with van der Waals surface area (Å²) in [5.74, 6) is -0.0232. The summed E-state index contributed by atoms with van der Waals surface area (Å²) < 4.78 is 0. The van der Waals surface area contributed by atoms with Gasteiger partial charge in [-0.2, -0.15) is 11.3 Å². The quantitative estimate of drug-likeness (QED) is 0.904. The molecule has 2 heterocycles. The van der Waals surface area contributed by atoms with Gasteiger partial charge in [0.15, 0.2) is 0 Å². The minimum atomic E-state index is -0.303. The van der Waals surface area contributed by atoms with Crippen LogP contribution < -0.4 is 11.1 Å². The van der Waals surface area contributed by atoms with E-state index >= 15 is 0 Å². The second-order valence-corrected chi connectivity index (χ2v) is 4.89. The molecular weight excluding hydrogens is 270 g/mol. The van der Waals surface area contributed by atoms with Crippen molar-refractivity contribution in [1.29, 1.82) is 0 Å². The molecule has 0 aliphatic rings. The highest BCUT2D eigenvalue weighted by Crippen LogP contribution is 2.15. The number of nitrogen functional groups attached to an aromatic ring is 1. The minimum absolute atomic E-state index is 0.169. The normalized spacial score (nSPS) is 10.3. The number of hydrogen-bond acceptors (Lipinski definition) is 4. The van der Waals surface area contributed by atoms with Crippen LogP contribution in [0.15, 0.2) is 29.0 Å². The largest absolute Gasteiger partial charge is 0.384 e. The van der Waals surface area contributed by atoms with Crippen molar-refractivity contribution in [3.05, 3.63) is 45.2 Å². The number of halogens is 1. The van der Waals surface area contributed by atoms with Crippen LogP contribution in [-0.2, 0) is 6.42 Å². The van der Waals surface area contributed by atoms with Crippen LogP contribution in [0.4, 0.5) is 5.82 Å². The highest BCUT2D eigenvalue weighted by molar-refractivity contribution is 7.07. The van der Waals surface area contributed by atoms with Crippen LogP contribution in [0.5, 0.6) is 0 Å². The number of nitrogens with zero attached hydrogens (tertiary/aromatic N) is 1. The van der Waals surface area contributed by atoms with Gasteiger partial charge in [-0.3, -0.25) is 4.79 Å². The van der Waals surface area contributed by atoms with Gasteiger partial charge in [0.2, 0.25) is 0 Å². The summed E-state index contributed by atoms with van der Waals surface area (Å²) in [6.45, 7) is 0.544. The molecule has 0 saturated heterocycles. The molecule has 4 nitrogen and oxygen atoms in total. The van der Waals surface area contributed by atoms with Crippen LogP contribution in [0, 0.1) is 0 Å². The van der Waals surface area contributed by atoms with E-state index in [1.54, 1.807) is 23.5 Å². The molecule has 18 heavy (non-hydrogen) atoms. The summed E-state index contributed by atoms with van der Waals surface area (Å²) >= 11 is 7.53. The monoisotopic (exact) mass is 281 g/mol. The molecule has 94 valence electrons. The van der Waals surface area contributed by atoms with E-state index in [9.17, 15) is 4.79 Å². The lowest BCUT2D eigenvalue weighted by Crippen LogP contribution is -2.27. The summed E-state index contributed by atoms with van der Waals surface area (Å²) in [6.07, 6.45) is 0.787. The molecule has 0 bridgehead atoms. The molecule has 0 aliphatic heterocycles. The zero-order valence-corrected chi connectivity index (χ0v) is 11.1. The van der Waals surface area contributed by atoms with Gasteiger partial charge >= 0.3 is 0 Å². The number of hydrogen-bond donors (Lipinski definition) is 2. The molecular formula is C12H12ClN3OS. The van der Waals surface area contributed by atoms with Crippen LogP contribution in [0.25, 0.3) is 0 Å². The lowest BCUT2D eigenvalue weighted by atomic mass is 10.2. The van der Waals surface area contributed by atoms with Crippen LogP contribution in [0.1, 0.15) is 16.1 Å². The van der Waals surface area contributed by atoms with Crippen molar-refractivity contribution >= 4 is 34.7 Å². The molecule has 0 fully saturated rings. The van der Waals surface area contributed by atoms with E-state index in [0.29, 0.717) is 11.6 Å². The van der Waals surface area contributed by atoms with Gasteiger partial charge in [0, 0.05) is 6.54 Å². The number of pyridine rings is 1. The second-order valence-electron chi connectivity index (χ2n) is 3.70. The summed E-state index contributed by atoms with van der Waals surface area (Å²) in [6, 6.07) is 5.16. The number of carbonyl (C=O) groups excluding carboxylic acids is 1. The molecule has 1 amide bonds. The van der Waals surface area contributed by atoms with E-state index in [0.717, 1.165) is 6.42 Å². The molecule has 0 unspecified atom stereocenters. The van der Waals surface area contributed by atoms with E-state index in [1.165, 1.54) is 5.56 Å². The van der Waals surface area contributed by atoms with E-state index < -0.39 is 0 Å². The molecule has 0 spiro atoms. The van der Waals surface area contributed by atoms with Crippen LogP contribution in [-0.4, -0.2) is 17.4 Å². The molecule has 2 rings (SSSR count). The lowest BCUT2D eigenvalue weighted by molar-refractivity contribution is 0.0949. The van der Waals surface area contributed by atoms with Crippen LogP contribution >= 0.6 is 22.9 Å². The third-order valence-electron chi connectivity index (χ3n) is 2.36. The topological polar surface area (TPSA) is 68.0 Å². The number of rotatable bonds is 4. The Morgan fingerprint density at radius 1 is 1.44 bits per heavy atom. The van der Waals surface area contributed by atoms with Crippen molar-refractivity contribution in [3.8, 4) is 0 Å². The number of nitrogens with one attached hydrogen (secondary N) is 1. The van der Waals surface area contributed by atoms with E-state index in [1.807, 2.05) is 11.4 Å². The van der Waals surface area contributed by atoms with Gasteiger partial charge in [-0.1, -0.05) is 11.6 Å². The van der Waals surface area contributed by atoms with Gasteiger partial charge in [-0.25, -0.2) is 4.98 Å². The summed E-state index contributed by atoms with van der Waals surface area (Å²) in [5.41, 5.74) is 6.89. The predicted octanol–water partition coefficient (Wildman–Crippen LogP) is 2.35. The van der Waals surface area contributed by atoms with Gasteiger partial charge in [0.05, 0.1) is 5.02 Å². The number of amides is 1. The van der Waals surface area contributed by atoms with Crippen molar-refractivity contribution in [2.75, 3.05) is 12.3 Å². The Morgan fingerprint density at radius 3 is 3.00 bits per heavy atom. The van der Waals surface area contributed by atoms with E-state index in [2.05, 4.69) is 15.7 Å². The fourth-order valence-electron chi connectivity index (χ4n) is 1.46. The van der Waals surface area contributed by atoms with Gasteiger partial charge in [-0.05, 0) is 40.9 Å². The molecule has 6 heteroatoms. The number of aromatic nitrogens is 1. The SMILES string of the molecule is Nc1ccc(Cl)c(C(=O)NCCc2ccsc2)n1. The summed E-state index contributed by atoms with van der Waals surface area (Å²) in [7, 11) is 0. The maximum atomic E-state index is 11.8. The Hall–Kier alpha value is -1.59. The first-order chi connectivity index (χ1) is 8.66. The maximum Gasteiger partial charge on any atom is 0.271 e. The Bertz CT molecular complexity index is 542. The Balaban J connectivity index is 1.93. The highest BCUT2D eigenvalue weighted by atomic mass is 35.5. The number of nitrogens with two attached hydrogens (primary N) is 1. The van der Waals surface area contributed by atoms with Gasteiger partial charge < -0.3 is 11.1 Å². The average Bonchev–Trinajstić information content (AvgIpc) is 2.85. The van der Waals surface area contributed by atoms with Gasteiger partial charge in [0.1, 0.15) is 11.5 Å². The third kappa shape index (κ3) is 3.21. The molecule has 2 aromatic heterocycles. The number of anilines is 1. The molecule has 0 radical (unpaired) electrons. The molecule has 0 saturated carbocycles. The summed E-state index contributed by atoms with van der Waals surface area (Å²) in [5, 5.41) is 7.13. The fraction of sp³-hybridized carbons (Fsp3) is 0.167. The second kappa shape index (κ2) is 5.84.